The summed E-state index contributed by atoms with van der Waals surface area (Å²) >= 11 is 1.54. The smallest absolute Gasteiger partial charge is 0.273 e. The average Bonchev–Trinajstić information content (AvgIpc) is 3.28. The lowest BCUT2D eigenvalue weighted by molar-refractivity contribution is 0.0930. The van der Waals surface area contributed by atoms with E-state index in [2.05, 4.69) is 10.5 Å². The summed E-state index contributed by atoms with van der Waals surface area (Å²) in [7, 11) is 3.89. The molecule has 0 aliphatic carbocycles. The zero-order chi connectivity index (χ0) is 17.1. The molecule has 3 aromatic heterocycles. The Balaban J connectivity index is 1.66. The molecular weight excluding hydrogens is 326 g/mol. The Bertz CT molecular complexity index is 805. The van der Waals surface area contributed by atoms with Crippen LogP contribution in [0.3, 0.4) is 0 Å². The van der Waals surface area contributed by atoms with Crippen molar-refractivity contribution in [1.29, 1.82) is 0 Å². The summed E-state index contributed by atoms with van der Waals surface area (Å²) in [6, 6.07) is 9.30. The Morgan fingerprint density at radius 3 is 2.83 bits per heavy atom. The molecule has 1 unspecified atom stereocenters. The van der Waals surface area contributed by atoms with Gasteiger partial charge in [0.05, 0.1) is 10.9 Å². The zero-order valence-corrected chi connectivity index (χ0v) is 14.6. The molecule has 24 heavy (non-hydrogen) atoms. The summed E-state index contributed by atoms with van der Waals surface area (Å²) in [6.07, 6.45) is 0. The molecule has 6 nitrogen and oxygen atoms in total. The van der Waals surface area contributed by atoms with Crippen molar-refractivity contribution < 1.29 is 13.7 Å². The molecule has 1 amide bonds. The lowest BCUT2D eigenvalue weighted by Gasteiger charge is -2.22. The number of hydrogen-bond acceptors (Lipinski definition) is 6. The van der Waals surface area contributed by atoms with E-state index in [4.69, 9.17) is 8.94 Å². The Kier molecular flexibility index (Phi) is 4.82. The molecule has 126 valence electrons. The maximum atomic E-state index is 12.3. The van der Waals surface area contributed by atoms with Gasteiger partial charge in [0, 0.05) is 12.6 Å². The molecule has 7 heteroatoms. The fourth-order valence-corrected chi connectivity index (χ4v) is 3.04. The fourth-order valence-electron chi connectivity index (χ4n) is 2.37. The predicted octanol–water partition coefficient (Wildman–Crippen LogP) is 3.34. The number of hydrogen-bond donors (Lipinski definition) is 1. The quantitative estimate of drug-likeness (QED) is 0.742. The normalized spacial score (nSPS) is 12.5. The summed E-state index contributed by atoms with van der Waals surface area (Å²) in [5.74, 6) is 2.00. The predicted molar refractivity (Wildman–Crippen MR) is 92.0 cm³/mol. The van der Waals surface area contributed by atoms with Crippen molar-refractivity contribution in [3.8, 4) is 10.6 Å². The van der Waals surface area contributed by atoms with Crippen molar-refractivity contribution in [2.24, 2.45) is 0 Å². The topological polar surface area (TPSA) is 71.5 Å². The second-order valence-electron chi connectivity index (χ2n) is 5.69. The van der Waals surface area contributed by atoms with Crippen LogP contribution in [0, 0.1) is 6.92 Å². The lowest BCUT2D eigenvalue weighted by atomic mass is 10.2. The van der Waals surface area contributed by atoms with Crippen LogP contribution in [0.1, 0.15) is 28.1 Å². The van der Waals surface area contributed by atoms with Gasteiger partial charge in [-0.05, 0) is 44.6 Å². The van der Waals surface area contributed by atoms with Crippen LogP contribution in [-0.2, 0) is 0 Å². The summed E-state index contributed by atoms with van der Waals surface area (Å²) in [6.45, 7) is 2.32. The number of carbonyl (C=O) groups excluding carboxylic acids is 1. The summed E-state index contributed by atoms with van der Waals surface area (Å²) in [4.78, 5) is 15.3. The van der Waals surface area contributed by atoms with E-state index in [1.54, 1.807) is 6.07 Å². The summed E-state index contributed by atoms with van der Waals surface area (Å²) < 4.78 is 10.9. The molecule has 0 saturated heterocycles. The highest BCUT2D eigenvalue weighted by atomic mass is 32.1. The first kappa shape index (κ1) is 16.5. The zero-order valence-electron chi connectivity index (χ0n) is 13.8. The van der Waals surface area contributed by atoms with Gasteiger partial charge >= 0.3 is 0 Å². The number of aromatic nitrogens is 1. The Morgan fingerprint density at radius 2 is 2.21 bits per heavy atom. The number of carbonyl (C=O) groups is 1. The van der Waals surface area contributed by atoms with Crippen LogP contribution in [0.4, 0.5) is 0 Å². The Morgan fingerprint density at radius 1 is 1.38 bits per heavy atom. The van der Waals surface area contributed by atoms with Crippen molar-refractivity contribution in [3.63, 3.8) is 0 Å². The van der Waals surface area contributed by atoms with Crippen molar-refractivity contribution in [2.75, 3.05) is 20.6 Å². The summed E-state index contributed by atoms with van der Waals surface area (Å²) in [5, 5.41) is 8.69. The second-order valence-corrected chi connectivity index (χ2v) is 6.64. The number of aryl methyl sites for hydroxylation is 1. The molecule has 0 bridgehead atoms. The van der Waals surface area contributed by atoms with Crippen LogP contribution < -0.4 is 5.32 Å². The van der Waals surface area contributed by atoms with E-state index in [1.165, 1.54) is 11.3 Å². The maximum absolute atomic E-state index is 12.3. The molecule has 0 spiro atoms. The van der Waals surface area contributed by atoms with E-state index in [1.807, 2.05) is 55.6 Å². The van der Waals surface area contributed by atoms with E-state index in [0.717, 1.165) is 16.4 Å². The molecule has 3 rings (SSSR count). The van der Waals surface area contributed by atoms with Gasteiger partial charge in [-0.25, -0.2) is 0 Å². The Labute approximate surface area is 144 Å². The number of nitrogens with one attached hydrogen (secondary N) is 1. The van der Waals surface area contributed by atoms with Gasteiger partial charge in [0.15, 0.2) is 11.5 Å². The average molecular weight is 345 g/mol. The molecule has 0 aliphatic rings. The van der Waals surface area contributed by atoms with Gasteiger partial charge in [-0.3, -0.25) is 9.69 Å². The van der Waals surface area contributed by atoms with Crippen molar-refractivity contribution in [2.45, 2.75) is 13.0 Å². The van der Waals surface area contributed by atoms with Crippen LogP contribution in [0.25, 0.3) is 10.6 Å². The van der Waals surface area contributed by atoms with Crippen LogP contribution in [0.5, 0.6) is 0 Å². The first-order chi connectivity index (χ1) is 11.5. The molecule has 0 aromatic carbocycles. The van der Waals surface area contributed by atoms with Gasteiger partial charge in [-0.1, -0.05) is 11.2 Å². The van der Waals surface area contributed by atoms with Gasteiger partial charge in [-0.2, -0.15) is 0 Å². The van der Waals surface area contributed by atoms with E-state index in [-0.39, 0.29) is 17.6 Å². The van der Waals surface area contributed by atoms with E-state index < -0.39 is 0 Å². The Hall–Kier alpha value is -2.38. The molecule has 0 radical (unpaired) electrons. The number of nitrogens with zero attached hydrogens (tertiary/aromatic N) is 2. The SMILES string of the molecule is Cc1ccc(C(CNC(=O)c2cc(-c3cccs3)on2)N(C)C)o1. The number of amides is 1. The van der Waals surface area contributed by atoms with Crippen molar-refractivity contribution in [1.82, 2.24) is 15.4 Å². The lowest BCUT2D eigenvalue weighted by Crippen LogP contribution is -2.34. The molecule has 1 N–H and O–H groups in total. The van der Waals surface area contributed by atoms with Gasteiger partial charge in [0.1, 0.15) is 11.5 Å². The minimum atomic E-state index is -0.267. The first-order valence-corrected chi connectivity index (χ1v) is 8.44. The molecule has 0 saturated carbocycles. The largest absolute Gasteiger partial charge is 0.465 e. The van der Waals surface area contributed by atoms with E-state index >= 15 is 0 Å². The molecule has 1 atom stereocenters. The number of likely N-dealkylation sites (N-methyl/N-ethyl adjacent to an activating group) is 1. The monoisotopic (exact) mass is 345 g/mol. The van der Waals surface area contributed by atoms with Crippen molar-refractivity contribution >= 4 is 17.2 Å². The van der Waals surface area contributed by atoms with E-state index in [9.17, 15) is 4.79 Å². The second kappa shape index (κ2) is 7.02. The maximum Gasteiger partial charge on any atom is 0.273 e. The molecule has 0 aliphatic heterocycles. The summed E-state index contributed by atoms with van der Waals surface area (Å²) in [5.41, 5.74) is 0.270. The number of thiophene rings is 1. The van der Waals surface area contributed by atoms with Gasteiger partial charge in [0.2, 0.25) is 0 Å². The van der Waals surface area contributed by atoms with Crippen molar-refractivity contribution in [3.05, 3.63) is 52.9 Å². The van der Waals surface area contributed by atoms with Crippen LogP contribution in [0.15, 0.2) is 44.7 Å². The molecule has 0 fully saturated rings. The highest BCUT2D eigenvalue weighted by Crippen LogP contribution is 2.25. The number of rotatable bonds is 6. The highest BCUT2D eigenvalue weighted by molar-refractivity contribution is 7.13. The van der Waals surface area contributed by atoms with Gasteiger partial charge in [0.25, 0.3) is 5.91 Å². The van der Waals surface area contributed by atoms with Gasteiger partial charge in [-0.15, -0.1) is 11.3 Å². The van der Waals surface area contributed by atoms with Crippen LogP contribution in [-0.4, -0.2) is 36.6 Å². The minimum absolute atomic E-state index is 0.0497. The standard InChI is InChI=1S/C17H19N3O3S/c1-11-6-7-14(22-11)13(20(2)3)10-18-17(21)12-9-15(23-19-12)16-5-4-8-24-16/h4-9,13H,10H2,1-3H3,(H,18,21). The fraction of sp³-hybridized carbons (Fsp3) is 0.294. The number of furan rings is 1. The minimum Gasteiger partial charge on any atom is -0.465 e. The molecule has 3 aromatic rings. The molecular formula is C17H19N3O3S. The molecule has 3 heterocycles. The third-order valence-corrected chi connectivity index (χ3v) is 4.56. The van der Waals surface area contributed by atoms with E-state index in [0.29, 0.717) is 12.3 Å². The van der Waals surface area contributed by atoms with Crippen LogP contribution in [0.2, 0.25) is 0 Å². The highest BCUT2D eigenvalue weighted by Gasteiger charge is 2.20. The third-order valence-electron chi connectivity index (χ3n) is 3.68. The third kappa shape index (κ3) is 3.58. The first-order valence-electron chi connectivity index (χ1n) is 7.56. The van der Waals surface area contributed by atoms with Gasteiger partial charge < -0.3 is 14.3 Å². The van der Waals surface area contributed by atoms with Crippen LogP contribution >= 0.6 is 11.3 Å².